The molecular formula is C22H20O4S. The third-order valence-corrected chi connectivity index (χ3v) is 5.03. The molecule has 0 aliphatic heterocycles. The number of hydrogen-bond donors (Lipinski definition) is 2. The number of aromatic hydroxyl groups is 1. The minimum Gasteiger partial charge on any atom is -0.508 e. The number of ether oxygens (including phenoxy) is 1. The molecule has 0 amide bonds. The van der Waals surface area contributed by atoms with Gasteiger partial charge in [0.1, 0.15) is 18.1 Å². The number of phenols is 1. The molecule has 0 aliphatic carbocycles. The van der Waals surface area contributed by atoms with E-state index in [1.807, 2.05) is 18.2 Å². The zero-order valence-corrected chi connectivity index (χ0v) is 15.4. The Morgan fingerprint density at radius 3 is 2.19 bits per heavy atom. The Balaban J connectivity index is 1.48. The van der Waals surface area contributed by atoms with Gasteiger partial charge in [-0.15, -0.1) is 11.8 Å². The van der Waals surface area contributed by atoms with Crippen molar-refractivity contribution in [3.8, 4) is 11.5 Å². The van der Waals surface area contributed by atoms with Crippen LogP contribution in [0.2, 0.25) is 0 Å². The fraction of sp³-hybridized carbons (Fsp3) is 0.136. The Morgan fingerprint density at radius 2 is 1.52 bits per heavy atom. The predicted octanol–water partition coefficient (Wildman–Crippen LogP) is 4.16. The van der Waals surface area contributed by atoms with E-state index >= 15 is 0 Å². The highest BCUT2D eigenvalue weighted by molar-refractivity contribution is 7.99. The minimum atomic E-state index is -0.630. The number of carbonyl (C=O) groups is 1. The Labute approximate surface area is 162 Å². The van der Waals surface area contributed by atoms with Gasteiger partial charge in [-0.25, -0.2) is 0 Å². The monoisotopic (exact) mass is 380 g/mol. The van der Waals surface area contributed by atoms with Crippen LogP contribution in [0.4, 0.5) is 0 Å². The van der Waals surface area contributed by atoms with Gasteiger partial charge >= 0.3 is 0 Å². The highest BCUT2D eigenvalue weighted by Gasteiger charge is 2.10. The van der Waals surface area contributed by atoms with Crippen LogP contribution in [-0.2, 0) is 0 Å². The molecule has 1 atom stereocenters. The number of thioether (sulfide) groups is 1. The minimum absolute atomic E-state index is 0.0347. The normalized spacial score (nSPS) is 11.7. The van der Waals surface area contributed by atoms with Crippen molar-refractivity contribution >= 4 is 17.5 Å². The summed E-state index contributed by atoms with van der Waals surface area (Å²) in [5.74, 6) is 1.27. The summed E-state index contributed by atoms with van der Waals surface area (Å²) in [7, 11) is 0. The molecule has 0 bridgehead atoms. The molecule has 138 valence electrons. The second-order valence-electron chi connectivity index (χ2n) is 5.99. The van der Waals surface area contributed by atoms with Gasteiger partial charge in [-0.1, -0.05) is 30.3 Å². The van der Waals surface area contributed by atoms with Gasteiger partial charge in [0.2, 0.25) is 0 Å². The SMILES string of the molecule is O=C(c1ccccc1)c1ccc(OCC(O)CSc2ccc(O)cc2)cc1. The van der Waals surface area contributed by atoms with E-state index in [9.17, 15) is 15.0 Å². The number of carbonyl (C=O) groups excluding carboxylic acids is 1. The van der Waals surface area contributed by atoms with E-state index in [0.29, 0.717) is 22.6 Å². The van der Waals surface area contributed by atoms with Gasteiger partial charge in [0.25, 0.3) is 0 Å². The van der Waals surface area contributed by atoms with Crippen molar-refractivity contribution in [2.45, 2.75) is 11.0 Å². The Bertz CT molecular complexity index is 861. The Kier molecular flexibility index (Phi) is 6.52. The van der Waals surface area contributed by atoms with Crippen LogP contribution in [0.5, 0.6) is 11.5 Å². The van der Waals surface area contributed by atoms with Crippen LogP contribution in [0, 0.1) is 0 Å². The molecule has 0 saturated carbocycles. The third kappa shape index (κ3) is 5.61. The second-order valence-corrected chi connectivity index (χ2v) is 7.08. The van der Waals surface area contributed by atoms with E-state index < -0.39 is 6.10 Å². The summed E-state index contributed by atoms with van der Waals surface area (Å²) in [5, 5.41) is 19.3. The van der Waals surface area contributed by atoms with E-state index in [-0.39, 0.29) is 18.1 Å². The fourth-order valence-corrected chi connectivity index (χ4v) is 3.24. The maximum absolute atomic E-state index is 12.4. The van der Waals surface area contributed by atoms with Crippen molar-refractivity contribution in [3.63, 3.8) is 0 Å². The third-order valence-electron chi connectivity index (χ3n) is 3.87. The molecule has 27 heavy (non-hydrogen) atoms. The van der Waals surface area contributed by atoms with Gasteiger partial charge in [-0.05, 0) is 48.5 Å². The first-order valence-corrected chi connectivity index (χ1v) is 9.53. The molecule has 2 N–H and O–H groups in total. The lowest BCUT2D eigenvalue weighted by Gasteiger charge is -2.12. The standard InChI is InChI=1S/C22H20O4S/c23-18-8-12-21(13-9-18)27-15-19(24)14-26-20-10-6-17(7-11-20)22(25)16-4-2-1-3-5-16/h1-13,19,23-24H,14-15H2. The predicted molar refractivity (Wildman–Crippen MR) is 107 cm³/mol. The van der Waals surface area contributed by atoms with Crippen LogP contribution in [0.3, 0.4) is 0 Å². The lowest BCUT2D eigenvalue weighted by Crippen LogP contribution is -2.20. The average molecular weight is 380 g/mol. The van der Waals surface area contributed by atoms with Gasteiger partial charge in [0, 0.05) is 21.8 Å². The number of hydrogen-bond acceptors (Lipinski definition) is 5. The number of aliphatic hydroxyl groups is 1. The maximum atomic E-state index is 12.4. The first-order valence-electron chi connectivity index (χ1n) is 8.54. The lowest BCUT2D eigenvalue weighted by atomic mass is 10.0. The molecular weight excluding hydrogens is 360 g/mol. The molecule has 0 fully saturated rings. The molecule has 0 aromatic heterocycles. The number of phenolic OH excluding ortho intramolecular Hbond substituents is 1. The summed E-state index contributed by atoms with van der Waals surface area (Å²) >= 11 is 1.49. The first kappa shape index (κ1) is 19.0. The highest BCUT2D eigenvalue weighted by Crippen LogP contribution is 2.22. The smallest absolute Gasteiger partial charge is 0.193 e. The van der Waals surface area contributed by atoms with Crippen molar-refractivity contribution in [1.82, 2.24) is 0 Å². The number of benzene rings is 3. The van der Waals surface area contributed by atoms with Crippen LogP contribution in [0.25, 0.3) is 0 Å². The molecule has 3 aromatic rings. The Hall–Kier alpha value is -2.76. The van der Waals surface area contributed by atoms with Crippen molar-refractivity contribution in [1.29, 1.82) is 0 Å². The first-order chi connectivity index (χ1) is 13.1. The molecule has 1 unspecified atom stereocenters. The van der Waals surface area contributed by atoms with Crippen molar-refractivity contribution in [2.24, 2.45) is 0 Å². The molecule has 0 aliphatic rings. The van der Waals surface area contributed by atoms with Crippen LogP contribution < -0.4 is 4.74 Å². The summed E-state index contributed by atoms with van der Waals surface area (Å²) in [5.41, 5.74) is 1.24. The van der Waals surface area contributed by atoms with Gasteiger partial charge in [0.15, 0.2) is 5.78 Å². The maximum Gasteiger partial charge on any atom is 0.193 e. The number of rotatable bonds is 8. The topological polar surface area (TPSA) is 66.8 Å². The van der Waals surface area contributed by atoms with Gasteiger partial charge in [0.05, 0.1) is 6.10 Å². The largest absolute Gasteiger partial charge is 0.508 e. The highest BCUT2D eigenvalue weighted by atomic mass is 32.2. The Morgan fingerprint density at radius 1 is 0.889 bits per heavy atom. The van der Waals surface area contributed by atoms with Crippen LogP contribution in [0.1, 0.15) is 15.9 Å². The molecule has 0 spiro atoms. The van der Waals surface area contributed by atoms with Gasteiger partial charge in [-0.2, -0.15) is 0 Å². The summed E-state index contributed by atoms with van der Waals surface area (Å²) < 4.78 is 5.60. The van der Waals surface area contributed by atoms with Gasteiger partial charge in [-0.3, -0.25) is 4.79 Å². The van der Waals surface area contributed by atoms with E-state index in [0.717, 1.165) is 4.90 Å². The van der Waals surface area contributed by atoms with Crippen LogP contribution >= 0.6 is 11.8 Å². The van der Waals surface area contributed by atoms with Crippen molar-refractivity contribution in [2.75, 3.05) is 12.4 Å². The van der Waals surface area contributed by atoms with Crippen LogP contribution in [0.15, 0.2) is 83.8 Å². The number of aliphatic hydroxyl groups excluding tert-OH is 1. The fourth-order valence-electron chi connectivity index (χ4n) is 2.43. The van der Waals surface area contributed by atoms with Crippen molar-refractivity contribution < 1.29 is 19.7 Å². The van der Waals surface area contributed by atoms with E-state index in [1.54, 1.807) is 60.7 Å². The zero-order valence-electron chi connectivity index (χ0n) is 14.6. The van der Waals surface area contributed by atoms with E-state index in [2.05, 4.69) is 0 Å². The average Bonchev–Trinajstić information content (AvgIpc) is 2.72. The molecule has 0 heterocycles. The van der Waals surface area contributed by atoms with E-state index in [4.69, 9.17) is 4.74 Å². The van der Waals surface area contributed by atoms with E-state index in [1.165, 1.54) is 11.8 Å². The molecule has 0 saturated heterocycles. The molecule has 5 heteroatoms. The second kappa shape index (κ2) is 9.26. The number of ketones is 1. The lowest BCUT2D eigenvalue weighted by molar-refractivity contribution is 0.103. The molecule has 0 radical (unpaired) electrons. The van der Waals surface area contributed by atoms with Crippen molar-refractivity contribution in [3.05, 3.63) is 90.0 Å². The van der Waals surface area contributed by atoms with Crippen LogP contribution in [-0.4, -0.2) is 34.5 Å². The summed E-state index contributed by atoms with van der Waals surface area (Å²) in [6.45, 7) is 0.164. The molecule has 3 rings (SSSR count). The molecule has 4 nitrogen and oxygen atoms in total. The summed E-state index contributed by atoms with van der Waals surface area (Å²) in [6, 6.07) is 22.9. The molecule has 3 aromatic carbocycles. The van der Waals surface area contributed by atoms with Gasteiger partial charge < -0.3 is 14.9 Å². The quantitative estimate of drug-likeness (QED) is 0.454. The summed E-state index contributed by atoms with van der Waals surface area (Å²) in [6.07, 6.45) is -0.630. The zero-order chi connectivity index (χ0) is 19.1. The summed E-state index contributed by atoms with van der Waals surface area (Å²) in [4.78, 5) is 13.3.